The van der Waals surface area contributed by atoms with E-state index in [9.17, 15) is 10.1 Å². The van der Waals surface area contributed by atoms with Crippen molar-refractivity contribution in [1.82, 2.24) is 15.0 Å². The lowest BCUT2D eigenvalue weighted by Gasteiger charge is -2.26. The van der Waals surface area contributed by atoms with Crippen molar-refractivity contribution in [3.05, 3.63) is 100 Å². The molecule has 0 saturated carbocycles. The standard InChI is InChI=1S/C28H28N8O3/c37-36(38)24-14-12-21(13-15-24)20-39-25-11-7-8-22(18-25)19-29-34-27-31-26(30-23-9-3-1-4-10-23)32-28(33-27)35-16-5-2-6-17-35/h1,3-4,7-15,18-19H,2,5-6,16-17,20H2,(H2,30,31,32,33,34)/b29-19-. The van der Waals surface area contributed by atoms with Crippen LogP contribution in [0.15, 0.2) is 84.0 Å². The number of piperidine rings is 1. The summed E-state index contributed by atoms with van der Waals surface area (Å²) < 4.78 is 5.85. The minimum Gasteiger partial charge on any atom is -0.489 e. The predicted octanol–water partition coefficient (Wildman–Crippen LogP) is 5.54. The zero-order valence-corrected chi connectivity index (χ0v) is 21.2. The minimum atomic E-state index is -0.423. The molecule has 0 radical (unpaired) electrons. The van der Waals surface area contributed by atoms with E-state index in [-0.39, 0.29) is 12.3 Å². The smallest absolute Gasteiger partial charge is 0.269 e. The molecule has 1 aliphatic rings. The number of aromatic nitrogens is 3. The van der Waals surface area contributed by atoms with Gasteiger partial charge in [0.15, 0.2) is 0 Å². The summed E-state index contributed by atoms with van der Waals surface area (Å²) in [6, 6.07) is 23.5. The fourth-order valence-electron chi connectivity index (χ4n) is 4.09. The monoisotopic (exact) mass is 524 g/mol. The lowest BCUT2D eigenvalue weighted by Crippen LogP contribution is -2.31. The van der Waals surface area contributed by atoms with Gasteiger partial charge in [0.2, 0.25) is 17.8 Å². The van der Waals surface area contributed by atoms with Crippen LogP contribution in [0.25, 0.3) is 0 Å². The van der Waals surface area contributed by atoms with Gasteiger partial charge in [-0.25, -0.2) is 5.43 Å². The van der Waals surface area contributed by atoms with Gasteiger partial charge >= 0.3 is 0 Å². The summed E-state index contributed by atoms with van der Waals surface area (Å²) in [5.74, 6) is 2.05. The number of non-ortho nitro benzene ring substituents is 1. The van der Waals surface area contributed by atoms with E-state index < -0.39 is 4.92 Å². The maximum Gasteiger partial charge on any atom is 0.269 e. The van der Waals surface area contributed by atoms with Crippen molar-refractivity contribution in [2.75, 3.05) is 28.7 Å². The van der Waals surface area contributed by atoms with Gasteiger partial charge in [-0.2, -0.15) is 20.1 Å². The Bertz CT molecular complexity index is 1420. The highest BCUT2D eigenvalue weighted by Crippen LogP contribution is 2.21. The molecule has 0 bridgehead atoms. The second-order valence-corrected chi connectivity index (χ2v) is 8.98. The van der Waals surface area contributed by atoms with Crippen LogP contribution in [0.1, 0.15) is 30.4 Å². The summed E-state index contributed by atoms with van der Waals surface area (Å²) in [5, 5.41) is 18.4. The number of nitro groups is 1. The maximum atomic E-state index is 10.8. The van der Waals surface area contributed by atoms with E-state index in [1.807, 2.05) is 54.6 Å². The van der Waals surface area contributed by atoms with E-state index in [0.717, 1.165) is 42.7 Å². The Balaban J connectivity index is 1.25. The van der Waals surface area contributed by atoms with Gasteiger partial charge in [0, 0.05) is 30.9 Å². The summed E-state index contributed by atoms with van der Waals surface area (Å²) in [6.07, 6.45) is 5.09. The molecule has 1 aromatic heterocycles. The van der Waals surface area contributed by atoms with Gasteiger partial charge in [-0.3, -0.25) is 10.1 Å². The highest BCUT2D eigenvalue weighted by atomic mass is 16.6. The van der Waals surface area contributed by atoms with Crippen molar-refractivity contribution >= 4 is 35.4 Å². The predicted molar refractivity (Wildman–Crippen MR) is 151 cm³/mol. The molecule has 0 unspecified atom stereocenters. The quantitative estimate of drug-likeness (QED) is 0.156. The Morgan fingerprint density at radius 2 is 1.69 bits per heavy atom. The second kappa shape index (κ2) is 12.5. The Hall–Kier alpha value is -5.06. The number of rotatable bonds is 10. The fourth-order valence-corrected chi connectivity index (χ4v) is 4.09. The summed E-state index contributed by atoms with van der Waals surface area (Å²) >= 11 is 0. The number of benzene rings is 3. The number of nitrogens with one attached hydrogen (secondary N) is 2. The maximum absolute atomic E-state index is 10.8. The number of hydrogen-bond acceptors (Lipinski definition) is 10. The molecule has 39 heavy (non-hydrogen) atoms. The van der Waals surface area contributed by atoms with Crippen molar-refractivity contribution in [2.24, 2.45) is 5.10 Å². The minimum absolute atomic E-state index is 0.0497. The first-order valence-electron chi connectivity index (χ1n) is 12.7. The molecule has 4 aromatic rings. The molecule has 1 saturated heterocycles. The average molecular weight is 525 g/mol. The number of ether oxygens (including phenoxy) is 1. The molecule has 0 atom stereocenters. The first kappa shape index (κ1) is 25.6. The number of anilines is 4. The molecule has 11 nitrogen and oxygen atoms in total. The van der Waals surface area contributed by atoms with Crippen LogP contribution >= 0.6 is 0 Å². The molecule has 3 aromatic carbocycles. The van der Waals surface area contributed by atoms with Gasteiger partial charge < -0.3 is 15.0 Å². The molecule has 2 N–H and O–H groups in total. The lowest BCUT2D eigenvalue weighted by atomic mass is 10.1. The number of nitrogens with zero attached hydrogens (tertiary/aromatic N) is 6. The van der Waals surface area contributed by atoms with Gasteiger partial charge in [0.25, 0.3) is 5.69 Å². The Morgan fingerprint density at radius 3 is 2.46 bits per heavy atom. The van der Waals surface area contributed by atoms with Crippen LogP contribution in [0.4, 0.5) is 29.2 Å². The van der Waals surface area contributed by atoms with Crippen LogP contribution in [0.5, 0.6) is 5.75 Å². The number of hydrogen-bond donors (Lipinski definition) is 2. The second-order valence-electron chi connectivity index (χ2n) is 8.98. The number of nitro benzene ring substituents is 1. The van der Waals surface area contributed by atoms with Crippen LogP contribution < -0.4 is 20.4 Å². The highest BCUT2D eigenvalue weighted by molar-refractivity contribution is 5.80. The average Bonchev–Trinajstić information content (AvgIpc) is 2.97. The third-order valence-corrected chi connectivity index (χ3v) is 6.08. The molecule has 0 amide bonds. The zero-order chi connectivity index (χ0) is 26.9. The van der Waals surface area contributed by atoms with Gasteiger partial charge in [0.05, 0.1) is 11.1 Å². The van der Waals surface area contributed by atoms with Crippen molar-refractivity contribution in [3.63, 3.8) is 0 Å². The normalized spacial score (nSPS) is 13.3. The molecule has 11 heteroatoms. The summed E-state index contributed by atoms with van der Waals surface area (Å²) in [6.45, 7) is 2.10. The number of para-hydroxylation sites is 1. The third kappa shape index (κ3) is 7.25. The van der Waals surface area contributed by atoms with E-state index in [4.69, 9.17) is 4.74 Å². The summed E-state index contributed by atoms with van der Waals surface area (Å²) in [4.78, 5) is 26.3. The fraction of sp³-hybridized carbons (Fsp3) is 0.214. The van der Waals surface area contributed by atoms with E-state index >= 15 is 0 Å². The van der Waals surface area contributed by atoms with Crippen LogP contribution in [-0.4, -0.2) is 39.2 Å². The van der Waals surface area contributed by atoms with E-state index in [1.165, 1.54) is 18.6 Å². The van der Waals surface area contributed by atoms with Crippen molar-refractivity contribution in [1.29, 1.82) is 0 Å². The summed E-state index contributed by atoms with van der Waals surface area (Å²) in [7, 11) is 0. The molecule has 5 rings (SSSR count). The van der Waals surface area contributed by atoms with E-state index in [1.54, 1.807) is 18.3 Å². The highest BCUT2D eigenvalue weighted by Gasteiger charge is 2.16. The largest absolute Gasteiger partial charge is 0.489 e. The third-order valence-electron chi connectivity index (χ3n) is 6.08. The molecular weight excluding hydrogens is 496 g/mol. The Morgan fingerprint density at radius 1 is 0.923 bits per heavy atom. The van der Waals surface area contributed by atoms with Crippen LogP contribution in [0, 0.1) is 10.1 Å². The van der Waals surface area contributed by atoms with Gasteiger partial charge in [-0.05, 0) is 66.8 Å². The molecule has 0 aliphatic carbocycles. The van der Waals surface area contributed by atoms with Gasteiger partial charge in [-0.1, -0.05) is 30.3 Å². The molecule has 0 spiro atoms. The van der Waals surface area contributed by atoms with Crippen molar-refractivity contribution in [3.8, 4) is 5.75 Å². The van der Waals surface area contributed by atoms with Crippen LogP contribution in [0.3, 0.4) is 0 Å². The SMILES string of the molecule is O=[N+]([O-])c1ccc(COc2cccc(/C=N\Nc3nc(Nc4ccccc4)nc(N4CCCCC4)n3)c2)cc1. The molecule has 2 heterocycles. The van der Waals surface area contributed by atoms with Crippen LogP contribution in [-0.2, 0) is 6.61 Å². The molecule has 1 fully saturated rings. The summed E-state index contributed by atoms with van der Waals surface area (Å²) in [5.41, 5.74) is 5.52. The van der Waals surface area contributed by atoms with Gasteiger partial charge in [0.1, 0.15) is 12.4 Å². The molecular formula is C28H28N8O3. The zero-order valence-electron chi connectivity index (χ0n) is 21.2. The first-order valence-corrected chi connectivity index (χ1v) is 12.7. The topological polar surface area (TPSA) is 131 Å². The van der Waals surface area contributed by atoms with Crippen molar-refractivity contribution in [2.45, 2.75) is 25.9 Å². The first-order chi connectivity index (χ1) is 19.1. The Kier molecular flexibility index (Phi) is 8.17. The van der Waals surface area contributed by atoms with E-state index in [2.05, 4.69) is 35.7 Å². The van der Waals surface area contributed by atoms with Crippen molar-refractivity contribution < 1.29 is 9.66 Å². The van der Waals surface area contributed by atoms with Crippen LogP contribution in [0.2, 0.25) is 0 Å². The molecule has 198 valence electrons. The molecule has 1 aliphatic heterocycles. The van der Waals surface area contributed by atoms with E-state index in [0.29, 0.717) is 23.6 Å². The number of hydrazone groups is 1. The lowest BCUT2D eigenvalue weighted by molar-refractivity contribution is -0.384. The van der Waals surface area contributed by atoms with Gasteiger partial charge in [-0.15, -0.1) is 0 Å². The Labute approximate surface area is 225 Å².